The molecular weight excluding hydrogens is 400 g/mol. The topological polar surface area (TPSA) is 36.9 Å². The molecule has 1 N–H and O–H groups in total. The molecule has 0 aromatic heterocycles. The Morgan fingerprint density at radius 3 is 2.50 bits per heavy atom. The van der Waals surface area contributed by atoms with Crippen LogP contribution in [-0.2, 0) is 0 Å². The van der Waals surface area contributed by atoms with E-state index in [1.54, 1.807) is 24.3 Å². The molecular formula is C6H7Cl5N3OP3. The molecule has 1 aliphatic heterocycles. The van der Waals surface area contributed by atoms with Crippen molar-refractivity contribution in [1.82, 2.24) is 8.82 Å². The summed E-state index contributed by atoms with van der Waals surface area (Å²) in [6, 6.07) is 8.78. The molecule has 0 fully saturated rings. The second-order valence-electron chi connectivity index (χ2n) is 3.22. The van der Waals surface area contributed by atoms with Gasteiger partial charge in [0.25, 0.3) is 0 Å². The van der Waals surface area contributed by atoms with Crippen molar-refractivity contribution in [1.29, 1.82) is 0 Å². The molecule has 0 spiro atoms. The van der Waals surface area contributed by atoms with Gasteiger partial charge in [-0.25, -0.2) is 0 Å². The Labute approximate surface area is 131 Å². The van der Waals surface area contributed by atoms with Crippen LogP contribution in [0.3, 0.4) is 0 Å². The van der Waals surface area contributed by atoms with Crippen LogP contribution in [0.5, 0.6) is 5.75 Å². The third-order valence-electron chi connectivity index (χ3n) is 1.88. The van der Waals surface area contributed by atoms with Gasteiger partial charge in [-0.05, 0) is 0 Å². The van der Waals surface area contributed by atoms with Gasteiger partial charge in [0.1, 0.15) is 0 Å². The molecule has 2 rings (SSSR count). The third kappa shape index (κ3) is 3.21. The Kier molecular flexibility index (Phi) is 4.72. The van der Waals surface area contributed by atoms with Crippen LogP contribution in [0, 0.1) is 0 Å². The number of hydrogen-bond donors (Lipinski definition) is 1. The van der Waals surface area contributed by atoms with E-state index in [-0.39, 0.29) is 8.88 Å². The fourth-order valence-electron chi connectivity index (χ4n) is 1.14. The van der Waals surface area contributed by atoms with Gasteiger partial charge >= 0.3 is 131 Å². The molecule has 0 aliphatic carbocycles. The molecule has 0 saturated carbocycles. The van der Waals surface area contributed by atoms with Gasteiger partial charge in [-0.3, -0.25) is 0 Å². The van der Waals surface area contributed by atoms with E-state index < -0.39 is 11.7 Å². The summed E-state index contributed by atoms with van der Waals surface area (Å²) in [6.45, 7) is 0. The molecule has 102 valence electrons. The van der Waals surface area contributed by atoms with Crippen LogP contribution < -0.4 is 9.38 Å². The standard InChI is InChI=1S/C6H7Cl5N3OP3/c7-14-17(8,9)12-16-13-18(14,10,11)15-6-4-2-1-3-5-6/h1-5,13,16H. The zero-order valence-electron chi connectivity index (χ0n) is 8.47. The van der Waals surface area contributed by atoms with Crippen LogP contribution in [0.25, 0.3) is 0 Å². The van der Waals surface area contributed by atoms with Crippen LogP contribution in [0.2, 0.25) is 0 Å². The van der Waals surface area contributed by atoms with Crippen molar-refractivity contribution in [3.8, 4) is 5.75 Å². The average Bonchev–Trinajstić information content (AvgIpc) is 2.27. The van der Waals surface area contributed by atoms with Gasteiger partial charge in [0.15, 0.2) is 0 Å². The quantitative estimate of drug-likeness (QED) is 0.440. The maximum atomic E-state index is 6.36. The van der Waals surface area contributed by atoms with Crippen molar-refractivity contribution in [3.63, 3.8) is 0 Å². The number of nitrogens with one attached hydrogen (secondary N) is 1. The Hall–Kier alpha value is 1.48. The monoisotopic (exact) mass is 405 g/mol. The van der Waals surface area contributed by atoms with E-state index in [9.17, 15) is 0 Å². The second kappa shape index (κ2) is 5.35. The second-order valence-corrected chi connectivity index (χ2v) is 17.4. The fourth-order valence-corrected chi connectivity index (χ4v) is 14.4. The van der Waals surface area contributed by atoms with Gasteiger partial charge in [-0.2, -0.15) is 0 Å². The van der Waals surface area contributed by atoms with Crippen molar-refractivity contribution in [2.75, 3.05) is 0 Å². The summed E-state index contributed by atoms with van der Waals surface area (Å²) in [5.74, 6) is -6.61. The summed E-state index contributed by atoms with van der Waals surface area (Å²) in [5, 5.41) is 0. The fraction of sp³-hybridized carbons (Fsp3) is 0. The number of rotatable bonds is 2. The first-order valence-corrected chi connectivity index (χ1v) is 13.1. The summed E-state index contributed by atoms with van der Waals surface area (Å²) >= 11 is 30.8. The molecule has 0 radical (unpaired) electrons. The van der Waals surface area contributed by atoms with Gasteiger partial charge in [0, 0.05) is 0 Å². The summed E-state index contributed by atoms with van der Waals surface area (Å²) in [4.78, 5) is 2.78. The number of nitrogens with zero attached hydrogens (tertiary/aromatic N) is 2. The van der Waals surface area contributed by atoms with Crippen molar-refractivity contribution in [3.05, 3.63) is 30.3 Å². The molecule has 0 bridgehead atoms. The molecule has 0 amide bonds. The number of benzene rings is 1. The SMILES string of the molecule is ClN1P(Cl)(Cl)=NPNP1(Cl)(Cl)Oc1ccccc1. The Balaban J connectivity index is 2.37. The molecule has 1 aromatic rings. The number of para-hydroxylation sites is 1. The first-order chi connectivity index (χ1) is 8.23. The van der Waals surface area contributed by atoms with Gasteiger partial charge < -0.3 is 0 Å². The molecule has 12 heteroatoms. The summed E-state index contributed by atoms with van der Waals surface area (Å²) in [7, 11) is -0.183. The van der Waals surface area contributed by atoms with Gasteiger partial charge in [-0.1, -0.05) is 0 Å². The van der Waals surface area contributed by atoms with E-state index in [2.05, 4.69) is 9.37 Å². The third-order valence-corrected chi connectivity index (χ3v) is 17.2. The molecule has 0 saturated heterocycles. The predicted molar refractivity (Wildman–Crippen MR) is 85.9 cm³/mol. The summed E-state index contributed by atoms with van der Waals surface area (Å²) in [5.41, 5.74) is 0. The van der Waals surface area contributed by atoms with Crippen LogP contribution >= 0.6 is 77.4 Å². The van der Waals surface area contributed by atoms with E-state index in [1.165, 1.54) is 0 Å². The zero-order chi connectivity index (χ0) is 13.5. The Bertz CT molecular complexity index is 508. The van der Waals surface area contributed by atoms with E-state index in [0.717, 1.165) is 3.96 Å². The number of hydrogen-bond acceptors (Lipinski definition) is 4. The molecule has 1 heterocycles. The Morgan fingerprint density at radius 1 is 1.28 bits per heavy atom. The summed E-state index contributed by atoms with van der Waals surface area (Å²) in [6.07, 6.45) is 0. The van der Waals surface area contributed by atoms with Crippen molar-refractivity contribution >= 4 is 77.4 Å². The minimum absolute atomic E-state index is 0.183. The average molecular weight is 407 g/mol. The van der Waals surface area contributed by atoms with Crippen LogP contribution in [-0.4, -0.2) is 3.96 Å². The van der Waals surface area contributed by atoms with Crippen molar-refractivity contribution in [2.24, 2.45) is 4.52 Å². The molecule has 1 unspecified atom stereocenters. The van der Waals surface area contributed by atoms with Crippen molar-refractivity contribution in [2.45, 2.75) is 0 Å². The van der Waals surface area contributed by atoms with Gasteiger partial charge in [0.05, 0.1) is 0 Å². The van der Waals surface area contributed by atoms with E-state index in [4.69, 9.17) is 61.3 Å². The van der Waals surface area contributed by atoms with Crippen LogP contribution in [0.1, 0.15) is 0 Å². The molecule has 1 atom stereocenters. The summed E-state index contributed by atoms with van der Waals surface area (Å²) < 4.78 is 10.5. The number of halogens is 5. The van der Waals surface area contributed by atoms with Crippen LogP contribution in [0.4, 0.5) is 0 Å². The maximum absolute atomic E-state index is 6.36. The zero-order valence-corrected chi connectivity index (χ0v) is 15.0. The minimum atomic E-state index is -4.10. The van der Waals surface area contributed by atoms with Crippen molar-refractivity contribution < 1.29 is 4.52 Å². The normalized spacial score (nSPS) is 28.8. The van der Waals surface area contributed by atoms with Crippen LogP contribution in [0.15, 0.2) is 34.8 Å². The molecule has 18 heavy (non-hydrogen) atoms. The predicted octanol–water partition coefficient (Wildman–Crippen LogP) is 6.66. The van der Waals surface area contributed by atoms with E-state index in [0.29, 0.717) is 5.75 Å². The van der Waals surface area contributed by atoms with Gasteiger partial charge in [-0.15, -0.1) is 0 Å². The van der Waals surface area contributed by atoms with Gasteiger partial charge in [0.2, 0.25) is 0 Å². The Morgan fingerprint density at radius 2 is 1.89 bits per heavy atom. The molecule has 4 nitrogen and oxygen atoms in total. The first kappa shape index (κ1) is 15.9. The molecule has 1 aromatic carbocycles. The van der Waals surface area contributed by atoms with E-state index >= 15 is 0 Å². The van der Waals surface area contributed by atoms with E-state index in [1.807, 2.05) is 6.07 Å². The first-order valence-electron chi connectivity index (χ1n) is 4.44. The molecule has 1 aliphatic rings.